The van der Waals surface area contributed by atoms with Crippen molar-refractivity contribution in [3.63, 3.8) is 0 Å². The van der Waals surface area contributed by atoms with Crippen LogP contribution in [0.15, 0.2) is 24.3 Å². The van der Waals surface area contributed by atoms with E-state index in [0.717, 1.165) is 29.9 Å². The van der Waals surface area contributed by atoms with E-state index in [1.54, 1.807) is 0 Å². The van der Waals surface area contributed by atoms with E-state index in [-0.39, 0.29) is 11.7 Å². The Bertz CT molecular complexity index is 595. The zero-order chi connectivity index (χ0) is 15.1. The molecule has 1 aromatic carbocycles. The number of amides is 1. The number of hydrogen-bond donors (Lipinski definition) is 2. The third kappa shape index (κ3) is 4.13. The van der Waals surface area contributed by atoms with Crippen molar-refractivity contribution >= 4 is 11.6 Å². The second-order valence-corrected chi connectivity index (χ2v) is 4.60. The number of aromatic nitrogens is 3. The number of carbonyl (C=O) groups excluding carboxylic acids is 1. The summed E-state index contributed by atoms with van der Waals surface area (Å²) < 4.78 is 5.39. The van der Waals surface area contributed by atoms with E-state index in [0.29, 0.717) is 13.2 Å². The number of benzene rings is 1. The van der Waals surface area contributed by atoms with Gasteiger partial charge in [-0.05, 0) is 19.4 Å². The van der Waals surface area contributed by atoms with Gasteiger partial charge in [0.25, 0.3) is 5.91 Å². The molecule has 0 saturated carbocycles. The van der Waals surface area contributed by atoms with Crippen LogP contribution >= 0.6 is 0 Å². The van der Waals surface area contributed by atoms with Crippen LogP contribution in [-0.2, 0) is 17.8 Å². The fourth-order valence-corrected chi connectivity index (χ4v) is 1.90. The van der Waals surface area contributed by atoms with Crippen LogP contribution in [0.25, 0.3) is 0 Å². The molecule has 1 amide bonds. The monoisotopic (exact) mass is 288 g/mol. The minimum Gasteiger partial charge on any atom is -0.377 e. The third-order valence-electron chi connectivity index (χ3n) is 2.95. The van der Waals surface area contributed by atoms with Crippen LogP contribution in [-0.4, -0.2) is 27.7 Å². The summed E-state index contributed by atoms with van der Waals surface area (Å²) in [7, 11) is 0. The van der Waals surface area contributed by atoms with E-state index in [4.69, 9.17) is 4.74 Å². The van der Waals surface area contributed by atoms with Crippen molar-refractivity contribution in [2.75, 3.05) is 11.9 Å². The first-order valence-electron chi connectivity index (χ1n) is 7.12. The molecule has 0 atom stereocenters. The lowest BCUT2D eigenvalue weighted by Gasteiger charge is -2.09. The van der Waals surface area contributed by atoms with E-state index >= 15 is 0 Å². The number of rotatable bonds is 7. The second-order valence-electron chi connectivity index (χ2n) is 4.60. The van der Waals surface area contributed by atoms with E-state index < -0.39 is 0 Å². The predicted molar refractivity (Wildman–Crippen MR) is 80.1 cm³/mol. The highest BCUT2D eigenvalue weighted by Gasteiger charge is 2.14. The molecule has 0 fully saturated rings. The third-order valence-corrected chi connectivity index (χ3v) is 2.95. The summed E-state index contributed by atoms with van der Waals surface area (Å²) >= 11 is 0. The maximum atomic E-state index is 12.2. The van der Waals surface area contributed by atoms with Crippen LogP contribution in [0, 0.1) is 0 Å². The topological polar surface area (TPSA) is 79.9 Å². The minimum atomic E-state index is -0.322. The fraction of sp³-hybridized carbons (Fsp3) is 0.400. The molecule has 0 radical (unpaired) electrons. The number of ether oxygens (including phenoxy) is 1. The van der Waals surface area contributed by atoms with E-state index in [1.807, 2.05) is 38.1 Å². The molecule has 0 bridgehead atoms. The van der Waals surface area contributed by atoms with Crippen molar-refractivity contribution in [3.05, 3.63) is 41.5 Å². The van der Waals surface area contributed by atoms with Gasteiger partial charge in [0, 0.05) is 24.3 Å². The standard InChI is InChI=1S/C15H20N4O2/c1-3-7-13-17-14(19-18-13)15(20)16-12-9-6-5-8-11(12)10-21-4-2/h5-6,8-9H,3-4,7,10H2,1-2H3,(H,16,20)(H,17,18,19). The largest absolute Gasteiger partial charge is 0.377 e. The lowest BCUT2D eigenvalue weighted by molar-refractivity contribution is 0.101. The minimum absolute atomic E-state index is 0.157. The molecule has 0 aliphatic heterocycles. The number of nitrogens with zero attached hydrogens (tertiary/aromatic N) is 2. The molecule has 112 valence electrons. The van der Waals surface area contributed by atoms with Gasteiger partial charge in [-0.15, -0.1) is 5.10 Å². The van der Waals surface area contributed by atoms with Crippen LogP contribution in [0.1, 0.15) is 42.3 Å². The average molecular weight is 288 g/mol. The summed E-state index contributed by atoms with van der Waals surface area (Å²) in [6.07, 6.45) is 1.73. The lowest BCUT2D eigenvalue weighted by atomic mass is 10.2. The quantitative estimate of drug-likeness (QED) is 0.820. The lowest BCUT2D eigenvalue weighted by Crippen LogP contribution is -2.15. The Morgan fingerprint density at radius 1 is 1.33 bits per heavy atom. The van der Waals surface area contributed by atoms with Crippen LogP contribution in [0.4, 0.5) is 5.69 Å². The van der Waals surface area contributed by atoms with E-state index in [2.05, 4.69) is 20.5 Å². The Morgan fingerprint density at radius 2 is 2.14 bits per heavy atom. The normalized spacial score (nSPS) is 10.6. The van der Waals surface area contributed by atoms with Gasteiger partial charge in [-0.3, -0.25) is 9.89 Å². The van der Waals surface area contributed by atoms with Gasteiger partial charge < -0.3 is 10.1 Å². The summed E-state index contributed by atoms with van der Waals surface area (Å²) in [6.45, 7) is 5.07. The zero-order valence-electron chi connectivity index (χ0n) is 12.3. The first-order chi connectivity index (χ1) is 10.2. The highest BCUT2D eigenvalue weighted by atomic mass is 16.5. The molecule has 2 rings (SSSR count). The number of carbonyl (C=O) groups is 1. The Kier molecular flexibility index (Phi) is 5.45. The van der Waals surface area contributed by atoms with E-state index in [9.17, 15) is 4.79 Å². The maximum absolute atomic E-state index is 12.2. The average Bonchev–Trinajstić information content (AvgIpc) is 2.95. The van der Waals surface area contributed by atoms with Crippen molar-refractivity contribution in [3.8, 4) is 0 Å². The molecule has 6 nitrogen and oxygen atoms in total. The van der Waals surface area contributed by atoms with Crippen molar-refractivity contribution < 1.29 is 9.53 Å². The van der Waals surface area contributed by atoms with Gasteiger partial charge in [0.1, 0.15) is 5.82 Å². The molecule has 0 unspecified atom stereocenters. The van der Waals surface area contributed by atoms with Crippen molar-refractivity contribution in [2.45, 2.75) is 33.3 Å². The molecule has 0 aliphatic rings. The van der Waals surface area contributed by atoms with Crippen molar-refractivity contribution in [1.29, 1.82) is 0 Å². The summed E-state index contributed by atoms with van der Waals surface area (Å²) in [5, 5.41) is 9.55. The number of hydrogen-bond acceptors (Lipinski definition) is 4. The fourth-order valence-electron chi connectivity index (χ4n) is 1.90. The number of aromatic amines is 1. The molecule has 2 aromatic rings. The Morgan fingerprint density at radius 3 is 2.90 bits per heavy atom. The second kappa shape index (κ2) is 7.54. The first-order valence-corrected chi connectivity index (χ1v) is 7.12. The van der Waals surface area contributed by atoms with Crippen molar-refractivity contribution in [1.82, 2.24) is 15.2 Å². The van der Waals surface area contributed by atoms with Gasteiger partial charge >= 0.3 is 0 Å². The van der Waals surface area contributed by atoms with Crippen LogP contribution in [0.3, 0.4) is 0 Å². The molecule has 0 saturated heterocycles. The molecule has 1 aromatic heterocycles. The number of para-hydroxylation sites is 1. The molecule has 0 aliphatic carbocycles. The molecule has 0 spiro atoms. The summed E-state index contributed by atoms with van der Waals surface area (Å²) in [5.74, 6) is 0.562. The van der Waals surface area contributed by atoms with Crippen LogP contribution in [0.5, 0.6) is 0 Å². The van der Waals surface area contributed by atoms with Crippen LogP contribution in [0.2, 0.25) is 0 Å². The maximum Gasteiger partial charge on any atom is 0.295 e. The highest BCUT2D eigenvalue weighted by molar-refractivity contribution is 6.01. The number of anilines is 1. The summed E-state index contributed by atoms with van der Waals surface area (Å²) in [5.41, 5.74) is 1.65. The smallest absolute Gasteiger partial charge is 0.295 e. The molecule has 6 heteroatoms. The Hall–Kier alpha value is -2.21. The molecule has 2 N–H and O–H groups in total. The van der Waals surface area contributed by atoms with E-state index in [1.165, 1.54) is 0 Å². The number of H-pyrrole nitrogens is 1. The Labute approximate surface area is 123 Å². The van der Waals surface area contributed by atoms with Gasteiger partial charge in [-0.2, -0.15) is 0 Å². The van der Waals surface area contributed by atoms with Crippen LogP contribution < -0.4 is 5.32 Å². The van der Waals surface area contributed by atoms with Gasteiger partial charge in [0.2, 0.25) is 5.82 Å². The van der Waals surface area contributed by atoms with Gasteiger partial charge in [0.15, 0.2) is 0 Å². The van der Waals surface area contributed by atoms with Gasteiger partial charge in [-0.25, -0.2) is 4.98 Å². The zero-order valence-corrected chi connectivity index (χ0v) is 12.3. The predicted octanol–water partition coefficient (Wildman–Crippen LogP) is 2.55. The Balaban J connectivity index is 2.07. The number of aryl methyl sites for hydroxylation is 1. The summed E-state index contributed by atoms with van der Waals surface area (Å²) in [6, 6.07) is 7.54. The van der Waals surface area contributed by atoms with Gasteiger partial charge in [-0.1, -0.05) is 25.1 Å². The molecule has 1 heterocycles. The first kappa shape index (κ1) is 15.2. The molecule has 21 heavy (non-hydrogen) atoms. The van der Waals surface area contributed by atoms with Gasteiger partial charge in [0.05, 0.1) is 6.61 Å². The highest BCUT2D eigenvalue weighted by Crippen LogP contribution is 2.16. The molecular formula is C15H20N4O2. The van der Waals surface area contributed by atoms with Crippen molar-refractivity contribution in [2.24, 2.45) is 0 Å². The molecular weight excluding hydrogens is 268 g/mol. The summed E-state index contributed by atoms with van der Waals surface area (Å²) in [4.78, 5) is 16.3. The number of nitrogens with one attached hydrogen (secondary N) is 2. The SMILES string of the molecule is CCCc1nc(C(=O)Nc2ccccc2COCC)n[nH]1.